The van der Waals surface area contributed by atoms with Crippen molar-refractivity contribution in [1.29, 1.82) is 0 Å². The average molecular weight is 186 g/mol. The van der Waals surface area contributed by atoms with Crippen molar-refractivity contribution < 1.29 is 4.74 Å². The first-order chi connectivity index (χ1) is 6.36. The van der Waals surface area contributed by atoms with Crippen molar-refractivity contribution in [3.05, 3.63) is 4.91 Å². The summed E-state index contributed by atoms with van der Waals surface area (Å²) in [4.78, 5) is 10.2. The summed E-state index contributed by atoms with van der Waals surface area (Å²) in [6.07, 6.45) is 3.34. The van der Waals surface area contributed by atoms with Crippen LogP contribution in [0.2, 0.25) is 0 Å². The highest BCUT2D eigenvalue weighted by atomic mass is 16.5. The molecule has 0 aromatic carbocycles. The van der Waals surface area contributed by atoms with Crippen molar-refractivity contribution >= 4 is 0 Å². The number of hydrogen-bond donors (Lipinski definition) is 0. The Morgan fingerprint density at radius 1 is 1.62 bits per heavy atom. The first-order valence-corrected chi connectivity index (χ1v) is 5.02. The Morgan fingerprint density at radius 2 is 2.46 bits per heavy atom. The fourth-order valence-electron chi connectivity index (χ4n) is 1.52. The minimum absolute atomic E-state index is 0.509. The second-order valence-corrected chi connectivity index (χ2v) is 3.58. The van der Waals surface area contributed by atoms with E-state index in [0.29, 0.717) is 5.92 Å². The molecule has 76 valence electrons. The Labute approximate surface area is 79.2 Å². The summed E-state index contributed by atoms with van der Waals surface area (Å²) in [7, 11) is 0. The SMILES string of the molecule is CCCCOC[C@@H]1CCN(N=O)C1. The topological polar surface area (TPSA) is 41.9 Å². The van der Waals surface area contributed by atoms with E-state index in [1.165, 1.54) is 6.42 Å². The van der Waals surface area contributed by atoms with Crippen LogP contribution in [0.25, 0.3) is 0 Å². The molecule has 0 radical (unpaired) electrons. The van der Waals surface area contributed by atoms with Crippen LogP contribution >= 0.6 is 0 Å². The summed E-state index contributed by atoms with van der Waals surface area (Å²) >= 11 is 0. The second kappa shape index (κ2) is 5.91. The van der Waals surface area contributed by atoms with Crippen molar-refractivity contribution in [3.8, 4) is 0 Å². The van der Waals surface area contributed by atoms with Crippen LogP contribution in [-0.4, -0.2) is 31.3 Å². The molecule has 1 aliphatic rings. The molecule has 0 amide bonds. The van der Waals surface area contributed by atoms with Crippen LogP contribution < -0.4 is 0 Å². The lowest BCUT2D eigenvalue weighted by Gasteiger charge is -2.09. The second-order valence-electron chi connectivity index (χ2n) is 3.58. The van der Waals surface area contributed by atoms with Crippen LogP contribution in [0.5, 0.6) is 0 Å². The summed E-state index contributed by atoms with van der Waals surface area (Å²) in [5.74, 6) is 0.509. The van der Waals surface area contributed by atoms with E-state index in [1.807, 2.05) is 0 Å². The highest BCUT2D eigenvalue weighted by Crippen LogP contribution is 2.16. The molecule has 0 spiro atoms. The van der Waals surface area contributed by atoms with E-state index in [4.69, 9.17) is 4.74 Å². The normalized spacial score (nSPS) is 22.2. The van der Waals surface area contributed by atoms with E-state index in [2.05, 4.69) is 12.2 Å². The summed E-state index contributed by atoms with van der Waals surface area (Å²) in [5, 5.41) is 4.49. The fourth-order valence-corrected chi connectivity index (χ4v) is 1.52. The van der Waals surface area contributed by atoms with Gasteiger partial charge in [-0.25, -0.2) is 0 Å². The van der Waals surface area contributed by atoms with Crippen LogP contribution in [0.15, 0.2) is 5.29 Å². The zero-order valence-electron chi connectivity index (χ0n) is 8.24. The minimum Gasteiger partial charge on any atom is -0.381 e. The fraction of sp³-hybridized carbons (Fsp3) is 1.00. The zero-order valence-corrected chi connectivity index (χ0v) is 8.24. The molecule has 1 aliphatic heterocycles. The van der Waals surface area contributed by atoms with E-state index >= 15 is 0 Å². The molecule has 0 N–H and O–H groups in total. The highest BCUT2D eigenvalue weighted by Gasteiger charge is 2.21. The van der Waals surface area contributed by atoms with Crippen molar-refractivity contribution in [1.82, 2.24) is 5.01 Å². The summed E-state index contributed by atoms with van der Waals surface area (Å²) in [6.45, 7) is 5.35. The van der Waals surface area contributed by atoms with Gasteiger partial charge in [-0.1, -0.05) is 13.3 Å². The third-order valence-electron chi connectivity index (χ3n) is 2.38. The molecule has 1 rings (SSSR count). The number of nitroso groups, excluding NO2 is 1. The van der Waals surface area contributed by atoms with Gasteiger partial charge in [-0.2, -0.15) is 0 Å². The highest BCUT2D eigenvalue weighted by molar-refractivity contribution is 4.72. The molecular weight excluding hydrogens is 168 g/mol. The molecular formula is C9H18N2O2. The molecule has 0 unspecified atom stereocenters. The predicted molar refractivity (Wildman–Crippen MR) is 51.2 cm³/mol. The maximum Gasteiger partial charge on any atom is 0.0524 e. The summed E-state index contributed by atoms with van der Waals surface area (Å²) in [6, 6.07) is 0. The van der Waals surface area contributed by atoms with Gasteiger partial charge in [0.2, 0.25) is 0 Å². The maximum absolute atomic E-state index is 10.2. The molecule has 0 aromatic heterocycles. The Hall–Kier alpha value is -0.640. The van der Waals surface area contributed by atoms with Gasteiger partial charge >= 0.3 is 0 Å². The Morgan fingerprint density at radius 3 is 3.08 bits per heavy atom. The molecule has 0 aliphatic carbocycles. The number of unbranched alkanes of at least 4 members (excludes halogenated alkanes) is 1. The average Bonchev–Trinajstić information content (AvgIpc) is 2.60. The Kier molecular flexibility index (Phi) is 4.75. The van der Waals surface area contributed by atoms with Crippen molar-refractivity contribution in [3.63, 3.8) is 0 Å². The molecule has 4 nitrogen and oxygen atoms in total. The first-order valence-electron chi connectivity index (χ1n) is 5.02. The third-order valence-corrected chi connectivity index (χ3v) is 2.38. The molecule has 1 atom stereocenters. The first kappa shape index (κ1) is 10.4. The zero-order chi connectivity index (χ0) is 9.52. The van der Waals surface area contributed by atoms with Gasteiger partial charge in [-0.15, -0.1) is 4.91 Å². The van der Waals surface area contributed by atoms with Gasteiger partial charge in [0.05, 0.1) is 11.9 Å². The van der Waals surface area contributed by atoms with E-state index < -0.39 is 0 Å². The number of nitrogens with zero attached hydrogens (tertiary/aromatic N) is 2. The lowest BCUT2D eigenvalue weighted by Crippen LogP contribution is -2.15. The monoisotopic (exact) mass is 186 g/mol. The van der Waals surface area contributed by atoms with Gasteiger partial charge in [0.15, 0.2) is 0 Å². The van der Waals surface area contributed by atoms with Crippen LogP contribution in [0.3, 0.4) is 0 Å². The smallest absolute Gasteiger partial charge is 0.0524 e. The van der Waals surface area contributed by atoms with Crippen LogP contribution in [0, 0.1) is 10.8 Å². The summed E-state index contributed by atoms with van der Waals surface area (Å²) in [5.41, 5.74) is 0. The van der Waals surface area contributed by atoms with Gasteiger partial charge < -0.3 is 4.74 Å². The van der Waals surface area contributed by atoms with Crippen LogP contribution in [-0.2, 0) is 4.74 Å². The van der Waals surface area contributed by atoms with Crippen LogP contribution in [0.1, 0.15) is 26.2 Å². The van der Waals surface area contributed by atoms with Gasteiger partial charge in [-0.05, 0) is 12.8 Å². The lowest BCUT2D eigenvalue weighted by molar-refractivity contribution is 0.0988. The standard InChI is InChI=1S/C9H18N2O2/c1-2-3-6-13-8-9-4-5-11(7-9)10-12/h9H,2-8H2,1H3/t9-/m1/s1. The van der Waals surface area contributed by atoms with Gasteiger partial charge in [0, 0.05) is 25.6 Å². The molecule has 4 heteroatoms. The molecule has 13 heavy (non-hydrogen) atoms. The quantitative estimate of drug-likeness (QED) is 0.469. The number of hydrogen-bond acceptors (Lipinski definition) is 3. The van der Waals surface area contributed by atoms with E-state index in [1.54, 1.807) is 5.01 Å². The van der Waals surface area contributed by atoms with E-state index in [-0.39, 0.29) is 0 Å². The number of ether oxygens (including phenoxy) is 1. The lowest BCUT2D eigenvalue weighted by atomic mass is 10.1. The van der Waals surface area contributed by atoms with Gasteiger partial charge in [0.1, 0.15) is 0 Å². The third kappa shape index (κ3) is 3.72. The molecule has 1 heterocycles. The minimum atomic E-state index is 0.509. The van der Waals surface area contributed by atoms with E-state index in [9.17, 15) is 4.91 Å². The van der Waals surface area contributed by atoms with Crippen LogP contribution in [0.4, 0.5) is 0 Å². The number of rotatable bonds is 6. The Bertz CT molecular complexity index is 153. The maximum atomic E-state index is 10.2. The molecule has 1 fully saturated rings. The molecule has 0 saturated carbocycles. The van der Waals surface area contributed by atoms with Crippen molar-refractivity contribution in [2.45, 2.75) is 26.2 Å². The van der Waals surface area contributed by atoms with Crippen molar-refractivity contribution in [2.24, 2.45) is 11.2 Å². The largest absolute Gasteiger partial charge is 0.381 e. The molecule has 0 aromatic rings. The molecule has 0 bridgehead atoms. The van der Waals surface area contributed by atoms with Gasteiger partial charge in [0.25, 0.3) is 0 Å². The van der Waals surface area contributed by atoms with E-state index in [0.717, 1.165) is 39.1 Å². The van der Waals surface area contributed by atoms with Gasteiger partial charge in [-0.3, -0.25) is 5.01 Å². The summed E-state index contributed by atoms with van der Waals surface area (Å²) < 4.78 is 5.48. The van der Waals surface area contributed by atoms with Crippen molar-refractivity contribution in [2.75, 3.05) is 26.3 Å². The molecule has 1 saturated heterocycles. The predicted octanol–water partition coefficient (Wildman–Crippen LogP) is 1.81. The Balaban J connectivity index is 2.00.